The molecule has 0 aromatic carbocycles. The fourth-order valence-electron chi connectivity index (χ4n) is 2.38. The fraction of sp³-hybridized carbons (Fsp3) is 1.00. The second-order valence-corrected chi connectivity index (χ2v) is 5.14. The molecule has 2 rings (SSSR count). The molecule has 1 N–H and O–H groups in total. The molecule has 0 aliphatic heterocycles. The van der Waals surface area contributed by atoms with E-state index in [2.05, 4.69) is 12.2 Å². The summed E-state index contributed by atoms with van der Waals surface area (Å²) in [6.45, 7) is 3.64. The molecule has 0 saturated heterocycles. The normalized spacial score (nSPS) is 26.5. The summed E-state index contributed by atoms with van der Waals surface area (Å²) in [5.41, 5.74) is 0. The van der Waals surface area contributed by atoms with E-state index in [0.717, 1.165) is 17.9 Å². The van der Waals surface area contributed by atoms with Crippen molar-refractivity contribution in [1.82, 2.24) is 5.32 Å². The minimum atomic E-state index is 0.769. The quantitative estimate of drug-likeness (QED) is 0.687. The monoisotopic (exact) mass is 181 g/mol. The first kappa shape index (κ1) is 9.51. The van der Waals surface area contributed by atoms with Gasteiger partial charge >= 0.3 is 0 Å². The smallest absolute Gasteiger partial charge is 0.00414 e. The minimum absolute atomic E-state index is 0.769. The molecule has 0 spiro atoms. The highest BCUT2D eigenvalue weighted by molar-refractivity contribution is 4.77. The van der Waals surface area contributed by atoms with E-state index >= 15 is 0 Å². The maximum absolute atomic E-state index is 3.68. The molecule has 1 atom stereocenters. The van der Waals surface area contributed by atoms with Crippen molar-refractivity contribution in [3.8, 4) is 0 Å². The van der Waals surface area contributed by atoms with Crippen LogP contribution in [-0.2, 0) is 0 Å². The lowest BCUT2D eigenvalue weighted by molar-refractivity contribution is 0.244. The molecular weight excluding hydrogens is 158 g/mol. The Morgan fingerprint density at radius 1 is 1.08 bits per heavy atom. The molecule has 1 heteroatoms. The lowest BCUT2D eigenvalue weighted by Crippen LogP contribution is -2.35. The summed E-state index contributed by atoms with van der Waals surface area (Å²) >= 11 is 0. The summed E-state index contributed by atoms with van der Waals surface area (Å²) in [6.07, 6.45) is 10.3. The van der Waals surface area contributed by atoms with Gasteiger partial charge in [-0.2, -0.15) is 0 Å². The van der Waals surface area contributed by atoms with Crippen molar-refractivity contribution in [1.29, 1.82) is 0 Å². The number of rotatable bonds is 5. The minimum Gasteiger partial charge on any atom is -0.314 e. The number of nitrogens with one attached hydrogen (secondary N) is 1. The summed E-state index contributed by atoms with van der Waals surface area (Å²) in [4.78, 5) is 0. The third-order valence-corrected chi connectivity index (χ3v) is 3.89. The molecule has 0 amide bonds. The average molecular weight is 181 g/mol. The van der Waals surface area contributed by atoms with Gasteiger partial charge in [0.15, 0.2) is 0 Å². The number of hydrogen-bond acceptors (Lipinski definition) is 1. The van der Waals surface area contributed by atoms with Gasteiger partial charge in [0.2, 0.25) is 0 Å². The van der Waals surface area contributed by atoms with Crippen LogP contribution in [-0.4, -0.2) is 12.6 Å². The zero-order valence-electron chi connectivity index (χ0n) is 8.89. The van der Waals surface area contributed by atoms with Crippen molar-refractivity contribution in [3.05, 3.63) is 0 Å². The standard InChI is InChI=1S/C12H23N/c1-10(8-11-4-2-5-11)13-9-12-6-3-7-12/h10-13H,2-9H2,1H3. The van der Waals surface area contributed by atoms with Crippen molar-refractivity contribution in [2.24, 2.45) is 11.8 Å². The Labute approximate surface area is 82.3 Å². The summed E-state index contributed by atoms with van der Waals surface area (Å²) in [5.74, 6) is 2.08. The van der Waals surface area contributed by atoms with E-state index in [1.165, 1.54) is 51.5 Å². The average Bonchev–Trinajstić information content (AvgIpc) is 1.94. The highest BCUT2D eigenvalue weighted by Crippen LogP contribution is 2.30. The molecule has 2 aliphatic rings. The van der Waals surface area contributed by atoms with E-state index in [1.807, 2.05) is 0 Å². The van der Waals surface area contributed by atoms with Crippen LogP contribution >= 0.6 is 0 Å². The zero-order chi connectivity index (χ0) is 9.10. The van der Waals surface area contributed by atoms with Crippen LogP contribution in [0.5, 0.6) is 0 Å². The molecule has 2 fully saturated rings. The first-order valence-electron chi connectivity index (χ1n) is 6.08. The highest BCUT2D eigenvalue weighted by atomic mass is 14.9. The molecule has 1 nitrogen and oxygen atoms in total. The summed E-state index contributed by atoms with van der Waals surface area (Å²) < 4.78 is 0. The van der Waals surface area contributed by atoms with Gasteiger partial charge < -0.3 is 5.32 Å². The third-order valence-electron chi connectivity index (χ3n) is 3.89. The summed E-state index contributed by atoms with van der Waals surface area (Å²) in [5, 5.41) is 3.68. The highest BCUT2D eigenvalue weighted by Gasteiger charge is 2.21. The zero-order valence-corrected chi connectivity index (χ0v) is 8.89. The first-order chi connectivity index (χ1) is 6.34. The SMILES string of the molecule is CC(CC1CCC1)NCC1CCC1. The van der Waals surface area contributed by atoms with E-state index in [-0.39, 0.29) is 0 Å². The topological polar surface area (TPSA) is 12.0 Å². The Hall–Kier alpha value is -0.0400. The van der Waals surface area contributed by atoms with E-state index in [1.54, 1.807) is 0 Å². The molecule has 0 radical (unpaired) electrons. The van der Waals surface area contributed by atoms with Gasteiger partial charge in [0.05, 0.1) is 0 Å². The van der Waals surface area contributed by atoms with Crippen molar-refractivity contribution in [3.63, 3.8) is 0 Å². The Kier molecular flexibility index (Phi) is 3.26. The van der Waals surface area contributed by atoms with Gasteiger partial charge in [-0.05, 0) is 44.6 Å². The summed E-state index contributed by atoms with van der Waals surface area (Å²) in [6, 6.07) is 0.769. The van der Waals surface area contributed by atoms with Crippen LogP contribution in [0, 0.1) is 11.8 Å². The molecule has 2 aliphatic carbocycles. The Morgan fingerprint density at radius 3 is 2.15 bits per heavy atom. The largest absolute Gasteiger partial charge is 0.314 e. The maximum Gasteiger partial charge on any atom is 0.00414 e. The van der Waals surface area contributed by atoms with Crippen LogP contribution in [0.3, 0.4) is 0 Å². The second kappa shape index (κ2) is 4.45. The lowest BCUT2D eigenvalue weighted by Gasteiger charge is -2.31. The molecular formula is C12H23N. The molecule has 1 unspecified atom stereocenters. The predicted octanol–water partition coefficient (Wildman–Crippen LogP) is 2.95. The molecule has 0 aromatic rings. The van der Waals surface area contributed by atoms with Crippen molar-refractivity contribution in [2.45, 2.75) is 57.9 Å². The first-order valence-corrected chi connectivity index (χ1v) is 6.08. The predicted molar refractivity (Wildman–Crippen MR) is 56.8 cm³/mol. The van der Waals surface area contributed by atoms with Crippen LogP contribution in [0.15, 0.2) is 0 Å². The van der Waals surface area contributed by atoms with E-state index < -0.39 is 0 Å². The third kappa shape index (κ3) is 2.70. The molecule has 76 valence electrons. The van der Waals surface area contributed by atoms with Gasteiger partial charge in [-0.3, -0.25) is 0 Å². The Morgan fingerprint density at radius 2 is 1.69 bits per heavy atom. The van der Waals surface area contributed by atoms with Gasteiger partial charge in [0.25, 0.3) is 0 Å². The maximum atomic E-state index is 3.68. The van der Waals surface area contributed by atoms with Crippen molar-refractivity contribution < 1.29 is 0 Å². The van der Waals surface area contributed by atoms with Crippen LogP contribution in [0.1, 0.15) is 51.9 Å². The van der Waals surface area contributed by atoms with Gasteiger partial charge in [-0.1, -0.05) is 25.7 Å². The van der Waals surface area contributed by atoms with Gasteiger partial charge in [-0.15, -0.1) is 0 Å². The fourth-order valence-corrected chi connectivity index (χ4v) is 2.38. The van der Waals surface area contributed by atoms with Crippen molar-refractivity contribution in [2.75, 3.05) is 6.54 Å². The van der Waals surface area contributed by atoms with Crippen molar-refractivity contribution >= 4 is 0 Å². The molecule has 13 heavy (non-hydrogen) atoms. The second-order valence-electron chi connectivity index (χ2n) is 5.14. The number of hydrogen-bond donors (Lipinski definition) is 1. The van der Waals surface area contributed by atoms with Crippen LogP contribution in [0.25, 0.3) is 0 Å². The molecule has 0 bridgehead atoms. The molecule has 0 aromatic heterocycles. The van der Waals surface area contributed by atoms with Crippen LogP contribution in [0.4, 0.5) is 0 Å². The van der Waals surface area contributed by atoms with Gasteiger partial charge in [0.1, 0.15) is 0 Å². The molecule has 2 saturated carbocycles. The van der Waals surface area contributed by atoms with Crippen LogP contribution in [0.2, 0.25) is 0 Å². The van der Waals surface area contributed by atoms with Gasteiger partial charge in [-0.25, -0.2) is 0 Å². The lowest BCUT2D eigenvalue weighted by atomic mass is 9.80. The van der Waals surface area contributed by atoms with E-state index in [0.29, 0.717) is 0 Å². The van der Waals surface area contributed by atoms with E-state index in [4.69, 9.17) is 0 Å². The van der Waals surface area contributed by atoms with E-state index in [9.17, 15) is 0 Å². The Balaban J connectivity index is 1.52. The molecule has 0 heterocycles. The summed E-state index contributed by atoms with van der Waals surface area (Å²) in [7, 11) is 0. The van der Waals surface area contributed by atoms with Crippen LogP contribution < -0.4 is 5.32 Å². The van der Waals surface area contributed by atoms with Gasteiger partial charge in [0, 0.05) is 6.04 Å². The Bertz CT molecular complexity index is 147.